The molecule has 0 aromatic heterocycles. The zero-order chi connectivity index (χ0) is 15.7. The highest BCUT2D eigenvalue weighted by Gasteiger charge is 2.15. The van der Waals surface area contributed by atoms with Crippen LogP contribution in [0.3, 0.4) is 0 Å². The molecule has 0 heterocycles. The lowest BCUT2D eigenvalue weighted by atomic mass is 10.1. The fourth-order valence-corrected chi connectivity index (χ4v) is 1.89. The van der Waals surface area contributed by atoms with E-state index in [9.17, 15) is 4.79 Å². The summed E-state index contributed by atoms with van der Waals surface area (Å²) in [4.78, 5) is 11.9. The number of aryl methyl sites for hydroxylation is 2. The van der Waals surface area contributed by atoms with E-state index < -0.39 is 6.04 Å². The average Bonchev–Trinajstić information content (AvgIpc) is 2.46. The van der Waals surface area contributed by atoms with Gasteiger partial charge in [-0.25, -0.2) is 4.79 Å². The lowest BCUT2D eigenvalue weighted by Crippen LogP contribution is -2.29. The van der Waals surface area contributed by atoms with Crippen LogP contribution >= 0.6 is 0 Å². The molecule has 0 amide bonds. The summed E-state index contributed by atoms with van der Waals surface area (Å²) in [6.45, 7) is 7.49. The van der Waals surface area contributed by atoms with Gasteiger partial charge < -0.3 is 19.5 Å². The van der Waals surface area contributed by atoms with Gasteiger partial charge >= 0.3 is 5.97 Å². The van der Waals surface area contributed by atoms with Gasteiger partial charge in [-0.3, -0.25) is 0 Å². The van der Waals surface area contributed by atoms with Crippen molar-refractivity contribution in [3.05, 3.63) is 29.3 Å². The van der Waals surface area contributed by atoms with Crippen LogP contribution in [-0.2, 0) is 19.0 Å². The standard InChI is InChI=1S/C16H25NO4/c1-12-6-5-7-13(2)15(12)17-14(3)16(18)21-11-10-20-9-8-19-4/h5-7,14,17H,8-11H2,1-4H3/t14-/m0/s1. The second kappa shape index (κ2) is 9.37. The molecule has 1 atom stereocenters. The van der Waals surface area contributed by atoms with Gasteiger partial charge in [-0.2, -0.15) is 0 Å². The molecule has 1 aromatic carbocycles. The van der Waals surface area contributed by atoms with E-state index in [0.29, 0.717) is 19.8 Å². The third kappa shape index (κ3) is 6.14. The van der Waals surface area contributed by atoms with Crippen LogP contribution < -0.4 is 5.32 Å². The molecule has 0 aliphatic rings. The predicted octanol–water partition coefficient (Wildman–Crippen LogP) is 2.31. The zero-order valence-electron chi connectivity index (χ0n) is 13.3. The maximum atomic E-state index is 11.9. The second-order valence-corrected chi connectivity index (χ2v) is 4.91. The summed E-state index contributed by atoms with van der Waals surface area (Å²) >= 11 is 0. The van der Waals surface area contributed by atoms with E-state index in [1.165, 1.54) is 0 Å². The molecule has 118 valence electrons. The van der Waals surface area contributed by atoms with E-state index >= 15 is 0 Å². The van der Waals surface area contributed by atoms with Crippen molar-refractivity contribution in [2.24, 2.45) is 0 Å². The number of carbonyl (C=O) groups is 1. The molecule has 1 N–H and O–H groups in total. The van der Waals surface area contributed by atoms with Crippen LogP contribution in [0.15, 0.2) is 18.2 Å². The van der Waals surface area contributed by atoms with Gasteiger partial charge in [-0.1, -0.05) is 18.2 Å². The number of carbonyl (C=O) groups excluding carboxylic acids is 1. The molecule has 21 heavy (non-hydrogen) atoms. The average molecular weight is 295 g/mol. The fraction of sp³-hybridized carbons (Fsp3) is 0.562. The highest BCUT2D eigenvalue weighted by Crippen LogP contribution is 2.20. The van der Waals surface area contributed by atoms with Crippen LogP contribution in [0.4, 0.5) is 5.69 Å². The van der Waals surface area contributed by atoms with Crippen molar-refractivity contribution in [1.29, 1.82) is 0 Å². The molecule has 0 aliphatic carbocycles. The van der Waals surface area contributed by atoms with Crippen LogP contribution in [0.1, 0.15) is 18.1 Å². The topological polar surface area (TPSA) is 56.8 Å². The fourth-order valence-electron chi connectivity index (χ4n) is 1.89. The predicted molar refractivity (Wildman–Crippen MR) is 82.7 cm³/mol. The maximum Gasteiger partial charge on any atom is 0.328 e. The quantitative estimate of drug-likeness (QED) is 0.559. The lowest BCUT2D eigenvalue weighted by Gasteiger charge is -2.18. The van der Waals surface area contributed by atoms with Crippen LogP contribution in [0, 0.1) is 13.8 Å². The molecular formula is C16H25NO4. The summed E-state index contributed by atoms with van der Waals surface area (Å²) in [6, 6.07) is 5.62. The zero-order valence-corrected chi connectivity index (χ0v) is 13.3. The van der Waals surface area contributed by atoms with Gasteiger partial charge in [0.15, 0.2) is 0 Å². The molecule has 0 saturated carbocycles. The van der Waals surface area contributed by atoms with Crippen molar-refractivity contribution in [3.8, 4) is 0 Å². The van der Waals surface area contributed by atoms with Crippen molar-refractivity contribution >= 4 is 11.7 Å². The molecule has 0 unspecified atom stereocenters. The Hall–Kier alpha value is -1.59. The minimum absolute atomic E-state index is 0.251. The van der Waals surface area contributed by atoms with Crippen molar-refractivity contribution in [1.82, 2.24) is 0 Å². The minimum atomic E-state index is -0.399. The molecule has 5 heteroatoms. The van der Waals surface area contributed by atoms with Crippen LogP contribution in [0.5, 0.6) is 0 Å². The molecule has 0 spiro atoms. The second-order valence-electron chi connectivity index (χ2n) is 4.91. The van der Waals surface area contributed by atoms with Gasteiger partial charge in [-0.05, 0) is 31.9 Å². The first-order valence-corrected chi connectivity index (χ1v) is 7.12. The molecule has 1 rings (SSSR count). The van der Waals surface area contributed by atoms with E-state index in [1.807, 2.05) is 32.0 Å². The highest BCUT2D eigenvalue weighted by atomic mass is 16.6. The number of methoxy groups -OCH3 is 1. The molecule has 1 aromatic rings. The number of anilines is 1. The van der Waals surface area contributed by atoms with Crippen LogP contribution in [-0.4, -0.2) is 45.5 Å². The Morgan fingerprint density at radius 3 is 2.38 bits per heavy atom. The number of benzene rings is 1. The molecule has 5 nitrogen and oxygen atoms in total. The Kier molecular flexibility index (Phi) is 7.79. The van der Waals surface area contributed by atoms with E-state index in [4.69, 9.17) is 14.2 Å². The monoisotopic (exact) mass is 295 g/mol. The molecule has 0 bridgehead atoms. The first-order valence-electron chi connectivity index (χ1n) is 7.12. The summed E-state index contributed by atoms with van der Waals surface area (Å²) in [5.74, 6) is -0.284. The number of rotatable bonds is 9. The Balaban J connectivity index is 2.34. The van der Waals surface area contributed by atoms with Gasteiger partial charge in [0.1, 0.15) is 12.6 Å². The third-order valence-corrected chi connectivity index (χ3v) is 3.10. The summed E-state index contributed by atoms with van der Waals surface area (Å²) in [6.07, 6.45) is 0. The van der Waals surface area contributed by atoms with Gasteiger partial charge in [0.05, 0.1) is 19.8 Å². The molecule has 0 fully saturated rings. The highest BCUT2D eigenvalue weighted by molar-refractivity contribution is 5.79. The summed E-state index contributed by atoms with van der Waals surface area (Å²) in [5, 5.41) is 3.20. The Bertz CT molecular complexity index is 428. The Labute approximate surface area is 126 Å². The van der Waals surface area contributed by atoms with Gasteiger partial charge in [0.25, 0.3) is 0 Å². The number of hydrogen-bond acceptors (Lipinski definition) is 5. The smallest absolute Gasteiger partial charge is 0.328 e. The normalized spacial score (nSPS) is 12.0. The van der Waals surface area contributed by atoms with E-state index in [2.05, 4.69) is 5.32 Å². The van der Waals surface area contributed by atoms with Gasteiger partial charge in [-0.15, -0.1) is 0 Å². The molecule has 0 saturated heterocycles. The number of para-hydroxylation sites is 1. The SMILES string of the molecule is COCCOCCOC(=O)[C@H](C)Nc1c(C)cccc1C. The minimum Gasteiger partial charge on any atom is -0.462 e. The third-order valence-electron chi connectivity index (χ3n) is 3.10. The van der Waals surface area contributed by atoms with E-state index in [-0.39, 0.29) is 12.6 Å². The summed E-state index contributed by atoms with van der Waals surface area (Å²) in [7, 11) is 1.62. The van der Waals surface area contributed by atoms with Gasteiger partial charge in [0, 0.05) is 12.8 Å². The number of ether oxygens (including phenoxy) is 3. The molecule has 0 aliphatic heterocycles. The largest absolute Gasteiger partial charge is 0.462 e. The van der Waals surface area contributed by atoms with E-state index in [0.717, 1.165) is 16.8 Å². The summed E-state index contributed by atoms with van der Waals surface area (Å²) in [5.41, 5.74) is 3.20. The number of esters is 1. The summed E-state index contributed by atoms with van der Waals surface area (Å²) < 4.78 is 15.3. The van der Waals surface area contributed by atoms with Crippen molar-refractivity contribution in [3.63, 3.8) is 0 Å². The first kappa shape index (κ1) is 17.5. The molecule has 0 radical (unpaired) electrons. The number of hydrogen-bond donors (Lipinski definition) is 1. The Morgan fingerprint density at radius 2 is 1.76 bits per heavy atom. The van der Waals surface area contributed by atoms with Crippen LogP contribution in [0.2, 0.25) is 0 Å². The van der Waals surface area contributed by atoms with Crippen molar-refractivity contribution in [2.75, 3.05) is 38.9 Å². The van der Waals surface area contributed by atoms with Gasteiger partial charge in [0.2, 0.25) is 0 Å². The first-order chi connectivity index (χ1) is 10.1. The van der Waals surface area contributed by atoms with Crippen LogP contribution in [0.25, 0.3) is 0 Å². The van der Waals surface area contributed by atoms with E-state index in [1.54, 1.807) is 14.0 Å². The van der Waals surface area contributed by atoms with Crippen molar-refractivity contribution < 1.29 is 19.0 Å². The maximum absolute atomic E-state index is 11.9. The molecular weight excluding hydrogens is 270 g/mol. The lowest BCUT2D eigenvalue weighted by molar-refractivity contribution is -0.145. The Morgan fingerprint density at radius 1 is 1.14 bits per heavy atom. The number of nitrogens with one attached hydrogen (secondary N) is 1. The van der Waals surface area contributed by atoms with Crippen molar-refractivity contribution in [2.45, 2.75) is 26.8 Å².